The Bertz CT molecular complexity index is 830. The summed E-state index contributed by atoms with van der Waals surface area (Å²) in [7, 11) is -4.28. The Morgan fingerprint density at radius 3 is 2.44 bits per heavy atom. The highest BCUT2D eigenvalue weighted by atomic mass is 32.2. The second kappa shape index (κ2) is 6.55. The highest BCUT2D eigenvalue weighted by Crippen LogP contribution is 2.52. The van der Waals surface area contributed by atoms with Gasteiger partial charge in [-0.3, -0.25) is 9.35 Å². The standard InChI is InChI=1S/C19H24O7S/c1-19(21)8-2-3-15(19)13-9-17-14(10-16(13)26-17)18(20)25-11-4-6-12(7-5-11)27(22,23)24/h4-7,13-17,21H,2-3,8-10H2,1H3,(H,22,23,24). The Balaban J connectivity index is 1.38. The average molecular weight is 396 g/mol. The first-order chi connectivity index (χ1) is 12.6. The highest BCUT2D eigenvalue weighted by molar-refractivity contribution is 7.85. The van der Waals surface area contributed by atoms with E-state index in [0.717, 1.165) is 25.7 Å². The number of benzene rings is 1. The van der Waals surface area contributed by atoms with Crippen molar-refractivity contribution in [1.29, 1.82) is 0 Å². The SMILES string of the molecule is CC1(O)CCCC1C1CC2OC1CC2C(=O)Oc1ccc(S(=O)(=O)O)cc1. The van der Waals surface area contributed by atoms with Crippen LogP contribution in [0.25, 0.3) is 0 Å². The van der Waals surface area contributed by atoms with Gasteiger partial charge in [-0.1, -0.05) is 6.42 Å². The van der Waals surface area contributed by atoms with Crippen LogP contribution in [0.15, 0.2) is 29.2 Å². The molecule has 2 aliphatic heterocycles. The molecular formula is C19H24O7S. The van der Waals surface area contributed by atoms with Gasteiger partial charge in [0.1, 0.15) is 5.75 Å². The van der Waals surface area contributed by atoms with Crippen molar-refractivity contribution >= 4 is 16.1 Å². The third kappa shape index (κ3) is 3.51. The predicted molar refractivity (Wildman–Crippen MR) is 94.7 cm³/mol. The predicted octanol–water partition coefficient (Wildman–Crippen LogP) is 2.18. The molecule has 3 fully saturated rings. The minimum atomic E-state index is -4.28. The molecule has 2 heterocycles. The molecule has 2 N–H and O–H groups in total. The van der Waals surface area contributed by atoms with Crippen molar-refractivity contribution in [1.82, 2.24) is 0 Å². The fourth-order valence-corrected chi connectivity index (χ4v) is 5.57. The molecule has 2 bridgehead atoms. The fraction of sp³-hybridized carbons (Fsp3) is 0.632. The van der Waals surface area contributed by atoms with Crippen LogP contribution >= 0.6 is 0 Å². The Morgan fingerprint density at radius 1 is 1.22 bits per heavy atom. The Labute approximate surface area is 158 Å². The molecule has 148 valence electrons. The van der Waals surface area contributed by atoms with Gasteiger partial charge in [-0.2, -0.15) is 8.42 Å². The van der Waals surface area contributed by atoms with E-state index in [1.54, 1.807) is 0 Å². The average Bonchev–Trinajstić information content (AvgIpc) is 3.27. The van der Waals surface area contributed by atoms with Crippen LogP contribution in [0, 0.1) is 17.8 Å². The lowest BCUT2D eigenvalue weighted by molar-refractivity contribution is -0.140. The molecular weight excluding hydrogens is 372 g/mol. The molecule has 0 spiro atoms. The third-order valence-corrected chi connectivity index (χ3v) is 7.29. The van der Waals surface area contributed by atoms with Gasteiger partial charge in [0, 0.05) is 0 Å². The van der Waals surface area contributed by atoms with Crippen LogP contribution < -0.4 is 4.74 Å². The van der Waals surface area contributed by atoms with E-state index in [4.69, 9.17) is 14.0 Å². The van der Waals surface area contributed by atoms with E-state index in [9.17, 15) is 18.3 Å². The maximum Gasteiger partial charge on any atom is 0.317 e. The monoisotopic (exact) mass is 396 g/mol. The number of rotatable bonds is 4. The van der Waals surface area contributed by atoms with E-state index < -0.39 is 21.7 Å². The molecule has 0 amide bonds. The van der Waals surface area contributed by atoms with Gasteiger partial charge >= 0.3 is 5.97 Å². The summed E-state index contributed by atoms with van der Waals surface area (Å²) in [5.41, 5.74) is -0.650. The molecule has 7 nitrogen and oxygen atoms in total. The number of hydrogen-bond donors (Lipinski definition) is 2. The van der Waals surface area contributed by atoms with Crippen LogP contribution in [-0.2, 0) is 19.6 Å². The molecule has 2 saturated heterocycles. The smallest absolute Gasteiger partial charge is 0.317 e. The molecule has 6 unspecified atom stereocenters. The van der Waals surface area contributed by atoms with Gasteiger partial charge in [0.05, 0.1) is 28.6 Å². The molecule has 1 aliphatic carbocycles. The lowest BCUT2D eigenvalue weighted by Crippen LogP contribution is -2.40. The van der Waals surface area contributed by atoms with Crippen molar-refractivity contribution in [3.8, 4) is 5.75 Å². The van der Waals surface area contributed by atoms with Crippen LogP contribution in [0.5, 0.6) is 5.75 Å². The van der Waals surface area contributed by atoms with E-state index in [-0.39, 0.29) is 40.6 Å². The first-order valence-electron chi connectivity index (χ1n) is 9.32. The minimum absolute atomic E-state index is 0.0240. The van der Waals surface area contributed by atoms with Crippen molar-refractivity contribution in [2.75, 3.05) is 0 Å². The maximum absolute atomic E-state index is 12.5. The lowest BCUT2D eigenvalue weighted by atomic mass is 9.71. The van der Waals surface area contributed by atoms with Crippen LogP contribution in [-0.4, -0.2) is 41.9 Å². The Morgan fingerprint density at radius 2 is 1.93 bits per heavy atom. The van der Waals surface area contributed by atoms with Crippen molar-refractivity contribution in [2.24, 2.45) is 17.8 Å². The number of hydrogen-bond acceptors (Lipinski definition) is 6. The molecule has 0 aromatic heterocycles. The van der Waals surface area contributed by atoms with E-state index in [2.05, 4.69) is 0 Å². The summed E-state index contributed by atoms with van der Waals surface area (Å²) < 4.78 is 42.5. The third-order valence-electron chi connectivity index (χ3n) is 6.42. The molecule has 1 aromatic rings. The number of fused-ring (bicyclic) bond motifs is 2. The van der Waals surface area contributed by atoms with E-state index in [0.29, 0.717) is 6.42 Å². The minimum Gasteiger partial charge on any atom is -0.426 e. The highest BCUT2D eigenvalue weighted by Gasteiger charge is 2.56. The van der Waals surface area contributed by atoms with Crippen LogP contribution in [0.4, 0.5) is 0 Å². The first kappa shape index (κ1) is 18.9. The van der Waals surface area contributed by atoms with Gasteiger partial charge in [0.25, 0.3) is 10.1 Å². The first-order valence-corrected chi connectivity index (χ1v) is 10.8. The molecule has 4 rings (SSSR count). The van der Waals surface area contributed by atoms with Gasteiger partial charge < -0.3 is 14.6 Å². The Kier molecular flexibility index (Phi) is 4.57. The number of aliphatic hydroxyl groups is 1. The fourth-order valence-electron chi connectivity index (χ4n) is 5.09. The van der Waals surface area contributed by atoms with Crippen molar-refractivity contribution in [2.45, 2.75) is 61.7 Å². The second-order valence-corrected chi connectivity index (χ2v) is 9.60. The normalized spacial score (nSPS) is 38.3. The van der Waals surface area contributed by atoms with Crippen molar-refractivity contribution < 1.29 is 32.3 Å². The van der Waals surface area contributed by atoms with Gasteiger partial charge in [0.15, 0.2) is 0 Å². The van der Waals surface area contributed by atoms with Gasteiger partial charge in [-0.05, 0) is 68.7 Å². The molecule has 1 aromatic carbocycles. The van der Waals surface area contributed by atoms with Gasteiger partial charge in [-0.25, -0.2) is 0 Å². The summed E-state index contributed by atoms with van der Waals surface area (Å²) in [6.07, 6.45) is 3.97. The zero-order valence-corrected chi connectivity index (χ0v) is 15.9. The van der Waals surface area contributed by atoms with E-state index >= 15 is 0 Å². The Hall–Kier alpha value is -1.48. The molecule has 6 atom stereocenters. The van der Waals surface area contributed by atoms with E-state index in [1.807, 2.05) is 6.92 Å². The summed E-state index contributed by atoms with van der Waals surface area (Å²) in [5.74, 6) is -0.00826. The van der Waals surface area contributed by atoms with Crippen LogP contribution in [0.1, 0.15) is 39.0 Å². The zero-order valence-electron chi connectivity index (χ0n) is 15.1. The molecule has 27 heavy (non-hydrogen) atoms. The molecule has 0 radical (unpaired) electrons. The van der Waals surface area contributed by atoms with Crippen LogP contribution in [0.3, 0.4) is 0 Å². The molecule has 1 saturated carbocycles. The van der Waals surface area contributed by atoms with Crippen molar-refractivity contribution in [3.63, 3.8) is 0 Å². The lowest BCUT2D eigenvalue weighted by Gasteiger charge is -2.35. The summed E-state index contributed by atoms with van der Waals surface area (Å²) in [6.45, 7) is 1.90. The number of carbonyl (C=O) groups excluding carboxylic acids is 1. The summed E-state index contributed by atoms with van der Waals surface area (Å²) in [4.78, 5) is 12.3. The molecule has 8 heteroatoms. The number of esters is 1. The summed E-state index contributed by atoms with van der Waals surface area (Å²) in [6, 6.07) is 5.06. The molecule has 3 aliphatic rings. The second-order valence-electron chi connectivity index (χ2n) is 8.18. The topological polar surface area (TPSA) is 110 Å². The number of carbonyl (C=O) groups is 1. The van der Waals surface area contributed by atoms with E-state index in [1.165, 1.54) is 24.3 Å². The van der Waals surface area contributed by atoms with Crippen molar-refractivity contribution in [3.05, 3.63) is 24.3 Å². The quantitative estimate of drug-likeness (QED) is 0.456. The summed E-state index contributed by atoms with van der Waals surface area (Å²) >= 11 is 0. The largest absolute Gasteiger partial charge is 0.426 e. The zero-order chi connectivity index (χ0) is 19.4. The summed E-state index contributed by atoms with van der Waals surface area (Å²) in [5, 5.41) is 10.6. The van der Waals surface area contributed by atoms with Gasteiger partial charge in [0.2, 0.25) is 0 Å². The van der Waals surface area contributed by atoms with Gasteiger partial charge in [-0.15, -0.1) is 0 Å². The van der Waals surface area contributed by atoms with Crippen LogP contribution in [0.2, 0.25) is 0 Å². The number of ether oxygens (including phenoxy) is 2. The maximum atomic E-state index is 12.5.